The Bertz CT molecular complexity index is 501. The lowest BCUT2D eigenvalue weighted by atomic mass is 9.68. The van der Waals surface area contributed by atoms with Crippen molar-refractivity contribution in [3.63, 3.8) is 0 Å². The highest BCUT2D eigenvalue weighted by molar-refractivity contribution is 5.19. The van der Waals surface area contributed by atoms with Gasteiger partial charge >= 0.3 is 0 Å². The predicted molar refractivity (Wildman–Crippen MR) is 95.9 cm³/mol. The van der Waals surface area contributed by atoms with Crippen molar-refractivity contribution < 1.29 is 13.2 Å². The maximum atomic E-state index is 13.4. The monoisotopic (exact) mass is 352 g/mol. The van der Waals surface area contributed by atoms with Crippen molar-refractivity contribution >= 4 is 0 Å². The van der Waals surface area contributed by atoms with Gasteiger partial charge in [0, 0.05) is 0 Å². The summed E-state index contributed by atoms with van der Waals surface area (Å²) in [5.41, 5.74) is 0.586. The lowest BCUT2D eigenvalue weighted by Gasteiger charge is -2.38. The molecule has 0 amide bonds. The molecule has 2 aliphatic rings. The van der Waals surface area contributed by atoms with Crippen LogP contribution in [0, 0.1) is 35.2 Å². The van der Waals surface area contributed by atoms with Crippen LogP contribution in [0.2, 0.25) is 0 Å². The first-order valence-electron chi connectivity index (χ1n) is 10.3. The molecule has 3 heteroatoms. The van der Waals surface area contributed by atoms with E-state index in [4.69, 9.17) is 0 Å². The number of halogens is 3. The fraction of sp³-hybridized carbons (Fsp3) is 0.727. The van der Waals surface area contributed by atoms with Crippen molar-refractivity contribution in [2.24, 2.45) is 17.8 Å². The van der Waals surface area contributed by atoms with E-state index < -0.39 is 17.5 Å². The normalized spacial score (nSPS) is 20.3. The molecule has 140 valence electrons. The molecule has 1 aromatic carbocycles. The van der Waals surface area contributed by atoms with E-state index in [2.05, 4.69) is 0 Å². The first-order chi connectivity index (χ1) is 12.1. The third-order valence-electron chi connectivity index (χ3n) is 6.56. The van der Waals surface area contributed by atoms with Crippen LogP contribution in [0.3, 0.4) is 0 Å². The van der Waals surface area contributed by atoms with Crippen molar-refractivity contribution in [3.8, 4) is 0 Å². The fourth-order valence-electron chi connectivity index (χ4n) is 5.28. The van der Waals surface area contributed by atoms with Gasteiger partial charge in [-0.15, -0.1) is 0 Å². The van der Waals surface area contributed by atoms with E-state index in [1.54, 1.807) is 0 Å². The van der Waals surface area contributed by atoms with Gasteiger partial charge in [-0.25, -0.2) is 13.2 Å². The summed E-state index contributed by atoms with van der Waals surface area (Å²) in [6.07, 6.45) is 16.4. The summed E-state index contributed by atoms with van der Waals surface area (Å²) in [5.74, 6) is -1.02. The van der Waals surface area contributed by atoms with E-state index in [0.29, 0.717) is 12.0 Å². The van der Waals surface area contributed by atoms with Crippen molar-refractivity contribution in [2.45, 2.75) is 83.5 Å². The molecule has 0 nitrogen and oxygen atoms in total. The first-order valence-corrected chi connectivity index (χ1v) is 10.3. The number of hydrogen-bond donors (Lipinski definition) is 0. The number of aryl methyl sites for hydroxylation is 1. The Morgan fingerprint density at radius 2 is 1.24 bits per heavy atom. The molecule has 0 radical (unpaired) electrons. The van der Waals surface area contributed by atoms with Gasteiger partial charge in [0.25, 0.3) is 0 Å². The molecule has 2 fully saturated rings. The molecule has 2 aliphatic carbocycles. The second kappa shape index (κ2) is 9.09. The number of benzene rings is 1. The summed E-state index contributed by atoms with van der Waals surface area (Å²) in [6, 6.07) is 2.32. The second-order valence-corrected chi connectivity index (χ2v) is 8.23. The van der Waals surface area contributed by atoms with Crippen molar-refractivity contribution in [3.05, 3.63) is 35.1 Å². The molecular formula is C22H31F3. The van der Waals surface area contributed by atoms with Crippen LogP contribution in [-0.4, -0.2) is 0 Å². The standard InChI is InChI=1S/C22H31F3/c23-20-14-16(15-21(24)22(20)25)8-7-13-19(17-9-3-1-4-10-17)18-11-5-2-6-12-18/h14-15,17-19H,1-13H2. The Morgan fingerprint density at radius 3 is 1.72 bits per heavy atom. The van der Waals surface area contributed by atoms with E-state index in [0.717, 1.165) is 42.7 Å². The fourth-order valence-corrected chi connectivity index (χ4v) is 5.28. The van der Waals surface area contributed by atoms with E-state index in [1.807, 2.05) is 0 Å². The second-order valence-electron chi connectivity index (χ2n) is 8.23. The molecule has 3 rings (SSSR count). The number of rotatable bonds is 6. The Kier molecular flexibility index (Phi) is 6.84. The predicted octanol–water partition coefficient (Wildman–Crippen LogP) is 7.20. The molecule has 0 heterocycles. The number of hydrogen-bond acceptors (Lipinski definition) is 0. The van der Waals surface area contributed by atoms with Gasteiger partial charge in [-0.1, -0.05) is 64.2 Å². The average Bonchev–Trinajstić information content (AvgIpc) is 2.64. The van der Waals surface area contributed by atoms with E-state index in [-0.39, 0.29) is 0 Å². The van der Waals surface area contributed by atoms with Gasteiger partial charge in [0.1, 0.15) is 0 Å². The van der Waals surface area contributed by atoms with Crippen molar-refractivity contribution in [2.75, 3.05) is 0 Å². The van der Waals surface area contributed by atoms with E-state index >= 15 is 0 Å². The Balaban J connectivity index is 1.59. The molecular weight excluding hydrogens is 321 g/mol. The summed E-state index contributed by atoms with van der Waals surface area (Å²) in [5, 5.41) is 0. The van der Waals surface area contributed by atoms with E-state index in [1.165, 1.54) is 64.2 Å². The van der Waals surface area contributed by atoms with Gasteiger partial charge in [0.15, 0.2) is 17.5 Å². The van der Waals surface area contributed by atoms with Gasteiger partial charge < -0.3 is 0 Å². The van der Waals surface area contributed by atoms with Crippen LogP contribution < -0.4 is 0 Å². The topological polar surface area (TPSA) is 0 Å². The highest BCUT2D eigenvalue weighted by atomic mass is 19.2. The smallest absolute Gasteiger partial charge is 0.194 e. The van der Waals surface area contributed by atoms with Gasteiger partial charge in [0.2, 0.25) is 0 Å². The highest BCUT2D eigenvalue weighted by Gasteiger charge is 2.30. The largest absolute Gasteiger partial charge is 0.204 e. The highest BCUT2D eigenvalue weighted by Crippen LogP contribution is 2.42. The molecule has 0 spiro atoms. The SMILES string of the molecule is Fc1cc(CCCC(C2CCCCC2)C2CCCCC2)cc(F)c1F. The van der Waals surface area contributed by atoms with Gasteiger partial charge in [0.05, 0.1) is 0 Å². The minimum atomic E-state index is -1.36. The summed E-state index contributed by atoms with van der Waals surface area (Å²) >= 11 is 0. The lowest BCUT2D eigenvalue weighted by Crippen LogP contribution is -2.27. The van der Waals surface area contributed by atoms with E-state index in [9.17, 15) is 13.2 Å². The zero-order valence-corrected chi connectivity index (χ0v) is 15.2. The lowest BCUT2D eigenvalue weighted by molar-refractivity contribution is 0.132. The molecule has 0 saturated heterocycles. The Morgan fingerprint density at radius 1 is 0.760 bits per heavy atom. The third-order valence-corrected chi connectivity index (χ3v) is 6.56. The maximum Gasteiger partial charge on any atom is 0.194 e. The Hall–Kier alpha value is -0.990. The zero-order chi connectivity index (χ0) is 17.6. The van der Waals surface area contributed by atoms with Crippen LogP contribution in [0.5, 0.6) is 0 Å². The average molecular weight is 352 g/mol. The van der Waals surface area contributed by atoms with Gasteiger partial charge in [-0.3, -0.25) is 0 Å². The molecule has 0 bridgehead atoms. The van der Waals surface area contributed by atoms with Crippen LogP contribution in [0.1, 0.15) is 82.6 Å². The minimum Gasteiger partial charge on any atom is -0.204 e. The van der Waals surface area contributed by atoms with Gasteiger partial charge in [-0.05, 0) is 54.7 Å². The molecule has 1 aromatic rings. The molecule has 0 unspecified atom stereocenters. The van der Waals surface area contributed by atoms with Crippen LogP contribution in [0.4, 0.5) is 13.2 Å². The van der Waals surface area contributed by atoms with Crippen LogP contribution >= 0.6 is 0 Å². The minimum absolute atomic E-state index is 0.586. The molecule has 0 aromatic heterocycles. The van der Waals surface area contributed by atoms with Crippen LogP contribution in [-0.2, 0) is 6.42 Å². The summed E-state index contributed by atoms with van der Waals surface area (Å²) in [4.78, 5) is 0. The zero-order valence-electron chi connectivity index (χ0n) is 15.2. The van der Waals surface area contributed by atoms with Crippen molar-refractivity contribution in [1.82, 2.24) is 0 Å². The third kappa shape index (κ3) is 5.01. The van der Waals surface area contributed by atoms with Crippen LogP contribution in [0.25, 0.3) is 0 Å². The summed E-state index contributed by atoms with van der Waals surface area (Å²) in [6.45, 7) is 0. The quantitative estimate of drug-likeness (QED) is 0.475. The Labute approximate surface area is 150 Å². The van der Waals surface area contributed by atoms with Crippen molar-refractivity contribution in [1.29, 1.82) is 0 Å². The van der Waals surface area contributed by atoms with Crippen LogP contribution in [0.15, 0.2) is 12.1 Å². The maximum absolute atomic E-state index is 13.4. The molecule has 25 heavy (non-hydrogen) atoms. The molecule has 0 aliphatic heterocycles. The molecule has 2 saturated carbocycles. The first kappa shape index (κ1) is 18.8. The summed E-state index contributed by atoms with van der Waals surface area (Å²) in [7, 11) is 0. The van der Waals surface area contributed by atoms with Gasteiger partial charge in [-0.2, -0.15) is 0 Å². The molecule has 0 atom stereocenters. The summed E-state index contributed by atoms with van der Waals surface area (Å²) < 4.78 is 39.9. The molecule has 0 N–H and O–H groups in total.